The van der Waals surface area contributed by atoms with Crippen molar-refractivity contribution in [2.24, 2.45) is 0 Å². The van der Waals surface area contributed by atoms with Gasteiger partial charge in [-0.3, -0.25) is 14.5 Å². The molecule has 2 heterocycles. The third kappa shape index (κ3) is 5.41. The molecule has 2 aromatic carbocycles. The Balaban J connectivity index is 1.73. The molecule has 0 saturated carbocycles. The van der Waals surface area contributed by atoms with Gasteiger partial charge in [0.25, 0.3) is 5.91 Å². The summed E-state index contributed by atoms with van der Waals surface area (Å²) >= 11 is 0. The number of carbonyl (C=O) groups is 1. The first-order valence-corrected chi connectivity index (χ1v) is 11.5. The van der Waals surface area contributed by atoms with Gasteiger partial charge >= 0.3 is 0 Å². The predicted octanol–water partition coefficient (Wildman–Crippen LogP) is 4.06. The molecule has 1 N–H and O–H groups in total. The van der Waals surface area contributed by atoms with Gasteiger partial charge in [0.15, 0.2) is 0 Å². The Morgan fingerprint density at radius 3 is 2.69 bits per heavy atom. The number of methoxy groups -OCH3 is 2. The van der Waals surface area contributed by atoms with Crippen LogP contribution in [-0.4, -0.2) is 60.1 Å². The molecule has 9 heteroatoms. The van der Waals surface area contributed by atoms with Gasteiger partial charge in [-0.1, -0.05) is 6.92 Å². The molecule has 4 aromatic rings. The van der Waals surface area contributed by atoms with Crippen molar-refractivity contribution in [1.82, 2.24) is 25.1 Å². The van der Waals surface area contributed by atoms with E-state index in [9.17, 15) is 4.79 Å². The molecule has 0 radical (unpaired) electrons. The Hall–Kier alpha value is -3.98. The van der Waals surface area contributed by atoms with Crippen molar-refractivity contribution < 1.29 is 14.3 Å². The van der Waals surface area contributed by atoms with Gasteiger partial charge in [0, 0.05) is 55.5 Å². The normalized spacial score (nSPS) is 11.0. The Morgan fingerprint density at radius 1 is 1.09 bits per heavy atom. The van der Waals surface area contributed by atoms with Gasteiger partial charge in [-0.2, -0.15) is 5.10 Å². The summed E-state index contributed by atoms with van der Waals surface area (Å²) in [7, 11) is 4.89. The fourth-order valence-corrected chi connectivity index (χ4v) is 3.87. The lowest BCUT2D eigenvalue weighted by atomic mass is 10.1. The Morgan fingerprint density at radius 2 is 1.94 bits per heavy atom. The number of hydrogen-bond donors (Lipinski definition) is 1. The first-order valence-electron chi connectivity index (χ1n) is 11.5. The highest BCUT2D eigenvalue weighted by atomic mass is 16.5. The lowest BCUT2D eigenvalue weighted by molar-refractivity contribution is 0.0962. The van der Waals surface area contributed by atoms with Crippen molar-refractivity contribution in [3.05, 3.63) is 60.6 Å². The van der Waals surface area contributed by atoms with Crippen molar-refractivity contribution in [3.8, 4) is 17.0 Å². The van der Waals surface area contributed by atoms with E-state index < -0.39 is 0 Å². The number of fused-ring (bicyclic) bond motifs is 1. The van der Waals surface area contributed by atoms with Crippen LogP contribution in [0.25, 0.3) is 22.3 Å². The topological polar surface area (TPSA) is 94.4 Å². The zero-order valence-corrected chi connectivity index (χ0v) is 20.5. The van der Waals surface area contributed by atoms with Crippen molar-refractivity contribution in [2.45, 2.75) is 19.9 Å². The number of ether oxygens (including phenoxy) is 2. The van der Waals surface area contributed by atoms with E-state index in [2.05, 4.69) is 27.2 Å². The molecule has 0 saturated heterocycles. The number of nitrogens with zero attached hydrogens (tertiary/aromatic N) is 5. The minimum absolute atomic E-state index is 0.165. The zero-order chi connectivity index (χ0) is 24.8. The van der Waals surface area contributed by atoms with E-state index in [4.69, 9.17) is 14.5 Å². The molecule has 182 valence electrons. The molecule has 0 aliphatic heterocycles. The van der Waals surface area contributed by atoms with Crippen LogP contribution in [0, 0.1) is 0 Å². The molecule has 4 rings (SSSR count). The smallest absolute Gasteiger partial charge is 0.251 e. The Labute approximate surface area is 204 Å². The Kier molecular flexibility index (Phi) is 7.57. The first kappa shape index (κ1) is 24.2. The highest BCUT2D eigenvalue weighted by Gasteiger charge is 2.15. The van der Waals surface area contributed by atoms with Gasteiger partial charge in [-0.05, 0) is 36.8 Å². The summed E-state index contributed by atoms with van der Waals surface area (Å²) in [6, 6.07) is 11.5. The number of rotatable bonds is 10. The second kappa shape index (κ2) is 11.0. The monoisotopic (exact) mass is 474 g/mol. The van der Waals surface area contributed by atoms with Crippen LogP contribution < -0.4 is 15.0 Å². The number of carbonyl (C=O) groups excluding carboxylic acids is 1. The van der Waals surface area contributed by atoms with E-state index in [1.165, 1.54) is 0 Å². The van der Waals surface area contributed by atoms with E-state index in [1.807, 2.05) is 41.2 Å². The maximum absolute atomic E-state index is 12.3. The van der Waals surface area contributed by atoms with E-state index in [0.29, 0.717) is 24.5 Å². The standard InChI is InChI=1S/C26H30N6O3/c1-5-8-32(21-11-18(26(33)27-2)12-22(13-21)35-4)20-6-7-23-24(14-20)30-25(16-28-23)19-15-29-31(17-19)9-10-34-3/h6-7,11-17H,5,8-10H2,1-4H3,(H,27,33). The molecule has 0 aliphatic carbocycles. The second-order valence-corrected chi connectivity index (χ2v) is 8.06. The number of anilines is 2. The van der Waals surface area contributed by atoms with Crippen LogP contribution in [-0.2, 0) is 11.3 Å². The second-order valence-electron chi connectivity index (χ2n) is 8.06. The summed E-state index contributed by atoms with van der Waals surface area (Å²) in [5.41, 5.74) is 5.59. The molecule has 2 aromatic heterocycles. The van der Waals surface area contributed by atoms with E-state index in [-0.39, 0.29) is 5.91 Å². The third-order valence-corrected chi connectivity index (χ3v) is 5.67. The minimum Gasteiger partial charge on any atom is -0.497 e. The van der Waals surface area contributed by atoms with E-state index >= 15 is 0 Å². The number of hydrogen-bond acceptors (Lipinski definition) is 7. The first-order chi connectivity index (χ1) is 17.1. The molecule has 0 aliphatic rings. The molecule has 35 heavy (non-hydrogen) atoms. The van der Waals surface area contributed by atoms with Gasteiger partial charge in [-0.15, -0.1) is 0 Å². The largest absolute Gasteiger partial charge is 0.497 e. The summed E-state index contributed by atoms with van der Waals surface area (Å²) in [6.07, 6.45) is 6.41. The fourth-order valence-electron chi connectivity index (χ4n) is 3.87. The quantitative estimate of drug-likeness (QED) is 0.370. The molecule has 0 unspecified atom stereocenters. The fraction of sp³-hybridized carbons (Fsp3) is 0.308. The molecular weight excluding hydrogens is 444 g/mol. The summed E-state index contributed by atoms with van der Waals surface area (Å²) in [5, 5.41) is 7.07. The minimum atomic E-state index is -0.165. The van der Waals surface area contributed by atoms with Crippen LogP contribution >= 0.6 is 0 Å². The maximum Gasteiger partial charge on any atom is 0.251 e. The number of aromatic nitrogens is 4. The van der Waals surface area contributed by atoms with Gasteiger partial charge < -0.3 is 19.7 Å². The van der Waals surface area contributed by atoms with E-state index in [0.717, 1.165) is 46.6 Å². The van der Waals surface area contributed by atoms with Crippen LogP contribution in [0.2, 0.25) is 0 Å². The molecule has 1 amide bonds. The van der Waals surface area contributed by atoms with Crippen LogP contribution in [0.15, 0.2) is 55.0 Å². The molecule has 0 fully saturated rings. The van der Waals surface area contributed by atoms with Crippen LogP contribution in [0.4, 0.5) is 11.4 Å². The average molecular weight is 475 g/mol. The van der Waals surface area contributed by atoms with Gasteiger partial charge in [0.05, 0.1) is 49.4 Å². The SMILES string of the molecule is CCCN(c1cc(OC)cc(C(=O)NC)c1)c1ccc2ncc(-c3cnn(CCOC)c3)nc2c1. The Bertz CT molecular complexity index is 1320. The molecule has 0 atom stereocenters. The summed E-state index contributed by atoms with van der Waals surface area (Å²) < 4.78 is 12.4. The van der Waals surface area contributed by atoms with Crippen molar-refractivity contribution in [1.29, 1.82) is 0 Å². The van der Waals surface area contributed by atoms with Crippen LogP contribution in [0.3, 0.4) is 0 Å². The third-order valence-electron chi connectivity index (χ3n) is 5.67. The predicted molar refractivity (Wildman–Crippen MR) is 136 cm³/mol. The van der Waals surface area contributed by atoms with Crippen molar-refractivity contribution in [2.75, 3.05) is 39.3 Å². The number of benzene rings is 2. The number of nitrogens with one attached hydrogen (secondary N) is 1. The van der Waals surface area contributed by atoms with Crippen LogP contribution in [0.5, 0.6) is 5.75 Å². The van der Waals surface area contributed by atoms with Crippen LogP contribution in [0.1, 0.15) is 23.7 Å². The molecule has 0 spiro atoms. The van der Waals surface area contributed by atoms with Gasteiger partial charge in [0.2, 0.25) is 0 Å². The average Bonchev–Trinajstić information content (AvgIpc) is 3.38. The number of amides is 1. The van der Waals surface area contributed by atoms with Gasteiger partial charge in [0.1, 0.15) is 5.75 Å². The molecular formula is C26H30N6O3. The van der Waals surface area contributed by atoms with Crippen molar-refractivity contribution >= 4 is 28.3 Å². The highest BCUT2D eigenvalue weighted by molar-refractivity contribution is 5.96. The highest BCUT2D eigenvalue weighted by Crippen LogP contribution is 2.32. The lowest BCUT2D eigenvalue weighted by Gasteiger charge is -2.26. The summed E-state index contributed by atoms with van der Waals surface area (Å²) in [6.45, 7) is 4.14. The molecule has 0 bridgehead atoms. The molecule has 9 nitrogen and oxygen atoms in total. The summed E-state index contributed by atoms with van der Waals surface area (Å²) in [4.78, 5) is 24.0. The lowest BCUT2D eigenvalue weighted by Crippen LogP contribution is -2.21. The zero-order valence-electron chi connectivity index (χ0n) is 20.5. The summed E-state index contributed by atoms with van der Waals surface area (Å²) in [5.74, 6) is 0.456. The maximum atomic E-state index is 12.3. The van der Waals surface area contributed by atoms with Crippen molar-refractivity contribution in [3.63, 3.8) is 0 Å². The van der Waals surface area contributed by atoms with Gasteiger partial charge in [-0.25, -0.2) is 4.98 Å². The van der Waals surface area contributed by atoms with E-state index in [1.54, 1.807) is 39.7 Å².